The summed E-state index contributed by atoms with van der Waals surface area (Å²) in [5, 5.41) is 12.6. The SMILES string of the molecule is O=C(O)CSc1nc(Cc2c(F)cccc2Cl)no1. The van der Waals surface area contributed by atoms with E-state index in [1.807, 2.05) is 0 Å². The van der Waals surface area contributed by atoms with E-state index in [0.717, 1.165) is 11.8 Å². The third-order valence-electron chi connectivity index (χ3n) is 2.17. The van der Waals surface area contributed by atoms with E-state index in [-0.39, 0.29) is 33.8 Å². The number of hydrogen-bond donors (Lipinski definition) is 1. The first-order chi connectivity index (χ1) is 9.06. The molecule has 1 N–H and O–H groups in total. The molecule has 0 radical (unpaired) electrons. The first-order valence-corrected chi connectivity index (χ1v) is 6.52. The van der Waals surface area contributed by atoms with Crippen LogP contribution in [-0.2, 0) is 11.2 Å². The zero-order chi connectivity index (χ0) is 13.8. The molecule has 0 spiro atoms. The molecule has 0 bridgehead atoms. The topological polar surface area (TPSA) is 76.2 Å². The summed E-state index contributed by atoms with van der Waals surface area (Å²) in [6.07, 6.45) is 0.0860. The lowest BCUT2D eigenvalue weighted by molar-refractivity contribution is -0.133. The van der Waals surface area contributed by atoms with Crippen LogP contribution in [0.2, 0.25) is 5.02 Å². The van der Waals surface area contributed by atoms with Gasteiger partial charge < -0.3 is 9.63 Å². The molecule has 0 aliphatic carbocycles. The second-order valence-corrected chi connectivity index (χ2v) is 4.87. The van der Waals surface area contributed by atoms with Gasteiger partial charge in [0.05, 0.1) is 0 Å². The van der Waals surface area contributed by atoms with Crippen LogP contribution in [0.1, 0.15) is 11.4 Å². The summed E-state index contributed by atoms with van der Waals surface area (Å²) in [5.74, 6) is -1.36. The van der Waals surface area contributed by atoms with Crippen LogP contribution in [0.25, 0.3) is 0 Å². The van der Waals surface area contributed by atoms with Crippen LogP contribution in [0.15, 0.2) is 27.9 Å². The van der Waals surface area contributed by atoms with E-state index in [2.05, 4.69) is 10.1 Å². The van der Waals surface area contributed by atoms with E-state index in [9.17, 15) is 9.18 Å². The minimum absolute atomic E-state index is 0.0860. The van der Waals surface area contributed by atoms with E-state index in [4.69, 9.17) is 21.2 Å². The van der Waals surface area contributed by atoms with Crippen molar-refractivity contribution in [3.63, 3.8) is 0 Å². The average Bonchev–Trinajstić information content (AvgIpc) is 2.79. The number of hydrogen-bond acceptors (Lipinski definition) is 5. The molecule has 0 amide bonds. The Hall–Kier alpha value is -1.60. The van der Waals surface area contributed by atoms with E-state index < -0.39 is 11.8 Å². The maximum Gasteiger partial charge on any atom is 0.314 e. The van der Waals surface area contributed by atoms with Gasteiger partial charge in [-0.2, -0.15) is 4.98 Å². The van der Waals surface area contributed by atoms with Gasteiger partial charge in [0, 0.05) is 17.0 Å². The van der Waals surface area contributed by atoms with Crippen LogP contribution >= 0.6 is 23.4 Å². The summed E-state index contributed by atoms with van der Waals surface area (Å²) < 4.78 is 18.4. The summed E-state index contributed by atoms with van der Waals surface area (Å²) >= 11 is 6.78. The Balaban J connectivity index is 2.09. The summed E-state index contributed by atoms with van der Waals surface area (Å²) in [5.41, 5.74) is 0.278. The Morgan fingerprint density at radius 3 is 3.00 bits per heavy atom. The molecule has 2 rings (SSSR count). The number of halogens is 2. The van der Waals surface area contributed by atoms with E-state index in [0.29, 0.717) is 0 Å². The molecule has 0 unspecified atom stereocenters. The molecule has 5 nitrogen and oxygen atoms in total. The molecule has 0 atom stereocenters. The number of aliphatic carboxylic acids is 1. The van der Waals surface area contributed by atoms with Gasteiger partial charge in [0.1, 0.15) is 11.6 Å². The molecule has 8 heteroatoms. The average molecular weight is 303 g/mol. The third-order valence-corrected chi connectivity index (χ3v) is 3.32. The van der Waals surface area contributed by atoms with Crippen molar-refractivity contribution in [2.45, 2.75) is 11.6 Å². The highest BCUT2D eigenvalue weighted by atomic mass is 35.5. The number of carbonyl (C=O) groups is 1. The molecule has 1 heterocycles. The van der Waals surface area contributed by atoms with Crippen molar-refractivity contribution in [3.05, 3.63) is 40.4 Å². The second kappa shape index (κ2) is 6.03. The normalized spacial score (nSPS) is 10.6. The van der Waals surface area contributed by atoms with E-state index >= 15 is 0 Å². The summed E-state index contributed by atoms with van der Waals surface area (Å²) in [7, 11) is 0. The van der Waals surface area contributed by atoms with Crippen LogP contribution < -0.4 is 0 Å². The van der Waals surface area contributed by atoms with Crippen molar-refractivity contribution in [2.75, 3.05) is 5.75 Å². The quantitative estimate of drug-likeness (QED) is 0.856. The predicted molar refractivity (Wildman–Crippen MR) is 66.9 cm³/mol. The van der Waals surface area contributed by atoms with Gasteiger partial charge in [-0.3, -0.25) is 4.79 Å². The van der Waals surface area contributed by atoms with Crippen LogP contribution in [0.3, 0.4) is 0 Å². The molecule has 19 heavy (non-hydrogen) atoms. The van der Waals surface area contributed by atoms with Crippen LogP contribution in [0.5, 0.6) is 0 Å². The summed E-state index contributed by atoms with van der Waals surface area (Å²) in [6.45, 7) is 0. The molecule has 0 saturated heterocycles. The Morgan fingerprint density at radius 2 is 2.32 bits per heavy atom. The predicted octanol–water partition coefficient (Wildman–Crippen LogP) is 2.63. The second-order valence-electron chi connectivity index (χ2n) is 3.54. The monoisotopic (exact) mass is 302 g/mol. The van der Waals surface area contributed by atoms with Gasteiger partial charge in [0.2, 0.25) is 0 Å². The molecule has 1 aromatic carbocycles. The Labute approximate surface area is 116 Å². The van der Waals surface area contributed by atoms with Crippen LogP contribution in [0.4, 0.5) is 4.39 Å². The highest BCUT2D eigenvalue weighted by molar-refractivity contribution is 7.99. The molecule has 0 saturated carbocycles. The zero-order valence-electron chi connectivity index (χ0n) is 9.47. The smallest absolute Gasteiger partial charge is 0.314 e. The van der Waals surface area contributed by atoms with Crippen molar-refractivity contribution in [1.82, 2.24) is 10.1 Å². The molecule has 0 fully saturated rings. The Kier molecular flexibility index (Phi) is 4.39. The number of nitrogens with zero attached hydrogens (tertiary/aromatic N) is 2. The molecule has 1 aromatic heterocycles. The maximum atomic E-state index is 13.5. The summed E-state index contributed by atoms with van der Waals surface area (Å²) in [4.78, 5) is 14.3. The van der Waals surface area contributed by atoms with Gasteiger partial charge in [0.25, 0.3) is 5.22 Å². The van der Waals surface area contributed by atoms with Crippen molar-refractivity contribution >= 4 is 29.3 Å². The number of benzene rings is 1. The minimum atomic E-state index is -0.984. The number of carboxylic acid groups (broad SMARTS) is 1. The maximum absolute atomic E-state index is 13.5. The van der Waals surface area contributed by atoms with E-state index in [1.165, 1.54) is 12.1 Å². The van der Waals surface area contributed by atoms with Gasteiger partial charge in [-0.15, -0.1) is 0 Å². The molecule has 0 aliphatic heterocycles. The van der Waals surface area contributed by atoms with Crippen molar-refractivity contribution in [2.24, 2.45) is 0 Å². The highest BCUT2D eigenvalue weighted by Crippen LogP contribution is 2.22. The lowest BCUT2D eigenvalue weighted by atomic mass is 10.1. The third kappa shape index (κ3) is 3.68. The van der Waals surface area contributed by atoms with E-state index in [1.54, 1.807) is 6.07 Å². The molecular weight excluding hydrogens is 295 g/mol. The fraction of sp³-hybridized carbons (Fsp3) is 0.182. The van der Waals surface area contributed by atoms with Gasteiger partial charge in [-0.25, -0.2) is 4.39 Å². The summed E-state index contributed by atoms with van der Waals surface area (Å²) in [6, 6.07) is 4.37. The van der Waals surface area contributed by atoms with Crippen LogP contribution in [-0.4, -0.2) is 27.0 Å². The number of thioether (sulfide) groups is 1. The van der Waals surface area contributed by atoms with Crippen molar-refractivity contribution < 1.29 is 18.8 Å². The highest BCUT2D eigenvalue weighted by Gasteiger charge is 2.13. The van der Waals surface area contributed by atoms with Gasteiger partial charge in [-0.05, 0) is 12.1 Å². The number of rotatable bonds is 5. The standard InChI is InChI=1S/C11H8ClFN2O3S/c12-7-2-1-3-8(13)6(7)4-9-14-11(18-15-9)19-5-10(16)17/h1-3H,4-5H2,(H,16,17). The minimum Gasteiger partial charge on any atom is -0.481 e. The Bertz CT molecular complexity index is 585. The molecular formula is C11H8ClFN2O3S. The van der Waals surface area contributed by atoms with Crippen molar-refractivity contribution in [3.8, 4) is 0 Å². The first kappa shape index (κ1) is 13.8. The van der Waals surface area contributed by atoms with Crippen molar-refractivity contribution in [1.29, 1.82) is 0 Å². The first-order valence-electron chi connectivity index (χ1n) is 5.16. The molecule has 0 aliphatic rings. The van der Waals surface area contributed by atoms with Gasteiger partial charge >= 0.3 is 5.97 Å². The number of carboxylic acids is 1. The van der Waals surface area contributed by atoms with Gasteiger partial charge in [0.15, 0.2) is 5.82 Å². The fourth-order valence-electron chi connectivity index (χ4n) is 1.35. The zero-order valence-corrected chi connectivity index (χ0v) is 11.0. The van der Waals surface area contributed by atoms with Crippen LogP contribution in [0, 0.1) is 5.82 Å². The largest absolute Gasteiger partial charge is 0.481 e. The lowest BCUT2D eigenvalue weighted by Crippen LogP contribution is -1.98. The van der Waals surface area contributed by atoms with Gasteiger partial charge in [-0.1, -0.05) is 34.6 Å². The number of aromatic nitrogens is 2. The molecule has 100 valence electrons. The Morgan fingerprint density at radius 1 is 1.53 bits per heavy atom. The fourth-order valence-corrected chi connectivity index (χ4v) is 2.09. The lowest BCUT2D eigenvalue weighted by Gasteiger charge is -2.01. The molecule has 2 aromatic rings.